The smallest absolute Gasteiger partial charge is 0.164 e. The zero-order valence-electron chi connectivity index (χ0n) is 8.88. The van der Waals surface area contributed by atoms with E-state index in [9.17, 15) is 0 Å². The molecule has 0 fully saturated rings. The van der Waals surface area contributed by atoms with Crippen LogP contribution in [-0.4, -0.2) is 19.8 Å². The van der Waals surface area contributed by atoms with Crippen LogP contribution < -0.4 is 14.8 Å². The molecule has 0 spiro atoms. The third kappa shape index (κ3) is 1.38. The van der Waals surface area contributed by atoms with E-state index in [1.165, 1.54) is 11.1 Å². The zero-order chi connectivity index (χ0) is 10.3. The summed E-state index contributed by atoms with van der Waals surface area (Å²) in [5, 5.41) is 3.45. The molecule has 1 aromatic rings. The third-order valence-corrected chi connectivity index (χ3v) is 3.14. The zero-order valence-corrected chi connectivity index (χ0v) is 8.88. The number of benzene rings is 1. The lowest BCUT2D eigenvalue weighted by molar-refractivity contribution is 0.169. The van der Waals surface area contributed by atoms with Gasteiger partial charge in [0.1, 0.15) is 13.2 Å². The van der Waals surface area contributed by atoms with Crippen molar-refractivity contribution in [1.82, 2.24) is 5.32 Å². The Morgan fingerprint density at radius 1 is 1.27 bits per heavy atom. The highest BCUT2D eigenvalue weighted by Crippen LogP contribution is 2.39. The van der Waals surface area contributed by atoms with Crippen molar-refractivity contribution in [1.29, 1.82) is 0 Å². The Balaban J connectivity index is 2.13. The molecule has 2 aliphatic rings. The molecule has 1 aromatic carbocycles. The van der Waals surface area contributed by atoms with Gasteiger partial charge in [-0.3, -0.25) is 0 Å². The lowest BCUT2D eigenvalue weighted by Crippen LogP contribution is -2.29. The Hall–Kier alpha value is -1.22. The van der Waals surface area contributed by atoms with Gasteiger partial charge in [0.2, 0.25) is 0 Å². The summed E-state index contributed by atoms with van der Waals surface area (Å²) in [5.41, 5.74) is 2.68. The molecule has 3 rings (SSSR count). The first-order chi connectivity index (χ1) is 7.36. The highest BCUT2D eigenvalue weighted by molar-refractivity contribution is 5.53. The summed E-state index contributed by atoms with van der Waals surface area (Å²) in [6.07, 6.45) is 1.03. The van der Waals surface area contributed by atoms with Crippen molar-refractivity contribution >= 4 is 0 Å². The number of hydrogen-bond donors (Lipinski definition) is 1. The number of fused-ring (bicyclic) bond motifs is 3. The van der Waals surface area contributed by atoms with E-state index in [2.05, 4.69) is 18.3 Å². The molecule has 2 heterocycles. The molecule has 2 aliphatic heterocycles. The van der Waals surface area contributed by atoms with Crippen molar-refractivity contribution in [3.63, 3.8) is 0 Å². The van der Waals surface area contributed by atoms with Crippen molar-refractivity contribution in [2.45, 2.75) is 19.4 Å². The van der Waals surface area contributed by atoms with Crippen LogP contribution in [0.15, 0.2) is 12.1 Å². The van der Waals surface area contributed by atoms with Gasteiger partial charge in [-0.15, -0.1) is 0 Å². The second-order valence-electron chi connectivity index (χ2n) is 4.08. The average Bonchev–Trinajstić information content (AvgIpc) is 2.29. The number of ether oxygens (including phenoxy) is 2. The van der Waals surface area contributed by atoms with Crippen LogP contribution in [0.25, 0.3) is 0 Å². The van der Waals surface area contributed by atoms with Gasteiger partial charge in [0.05, 0.1) is 0 Å². The fourth-order valence-corrected chi connectivity index (χ4v) is 2.38. The molecule has 3 nitrogen and oxygen atoms in total. The Bertz CT molecular complexity index is 389. The maximum absolute atomic E-state index is 5.72. The number of hydrogen-bond acceptors (Lipinski definition) is 3. The van der Waals surface area contributed by atoms with Gasteiger partial charge in [-0.2, -0.15) is 0 Å². The molecule has 0 amide bonds. The minimum Gasteiger partial charge on any atom is -0.486 e. The highest BCUT2D eigenvalue weighted by atomic mass is 16.6. The lowest BCUT2D eigenvalue weighted by atomic mass is 9.94. The predicted molar refractivity (Wildman–Crippen MR) is 57.6 cm³/mol. The molecule has 1 unspecified atom stereocenters. The standard InChI is InChI=1S/C12H15NO2/c1-8-9-2-3-11-12(15-7-6-14-11)10(9)4-5-13-8/h2-3,8,13H,4-7H2,1H3. The summed E-state index contributed by atoms with van der Waals surface area (Å²) in [5.74, 6) is 1.89. The molecule has 0 aromatic heterocycles. The molecular weight excluding hydrogens is 190 g/mol. The normalized spacial score (nSPS) is 23.4. The minimum atomic E-state index is 0.421. The summed E-state index contributed by atoms with van der Waals surface area (Å²) in [7, 11) is 0. The van der Waals surface area contributed by atoms with E-state index in [0.29, 0.717) is 19.3 Å². The molecule has 0 bridgehead atoms. The Labute approximate surface area is 89.4 Å². The maximum Gasteiger partial charge on any atom is 0.164 e. The fraction of sp³-hybridized carbons (Fsp3) is 0.500. The SMILES string of the molecule is CC1NCCc2c1ccc1c2OCCO1. The van der Waals surface area contributed by atoms with Gasteiger partial charge >= 0.3 is 0 Å². The summed E-state index contributed by atoms with van der Waals surface area (Å²) >= 11 is 0. The van der Waals surface area contributed by atoms with Gasteiger partial charge in [-0.1, -0.05) is 6.07 Å². The molecule has 0 radical (unpaired) electrons. The second-order valence-corrected chi connectivity index (χ2v) is 4.08. The first-order valence-corrected chi connectivity index (χ1v) is 5.51. The van der Waals surface area contributed by atoms with E-state index in [1.807, 2.05) is 6.07 Å². The van der Waals surface area contributed by atoms with Crippen molar-refractivity contribution in [2.24, 2.45) is 0 Å². The molecule has 0 saturated carbocycles. The summed E-state index contributed by atoms with van der Waals surface area (Å²) in [6.45, 7) is 4.55. The molecule has 0 saturated heterocycles. The van der Waals surface area contributed by atoms with Gasteiger partial charge in [-0.25, -0.2) is 0 Å². The molecule has 0 aliphatic carbocycles. The van der Waals surface area contributed by atoms with Crippen LogP contribution in [0.3, 0.4) is 0 Å². The van der Waals surface area contributed by atoms with Crippen LogP contribution in [0.2, 0.25) is 0 Å². The van der Waals surface area contributed by atoms with Gasteiger partial charge in [-0.05, 0) is 31.5 Å². The van der Waals surface area contributed by atoms with E-state index < -0.39 is 0 Å². The summed E-state index contributed by atoms with van der Waals surface area (Å²) in [6, 6.07) is 4.60. The van der Waals surface area contributed by atoms with Gasteiger partial charge < -0.3 is 14.8 Å². The predicted octanol–water partition coefficient (Wildman–Crippen LogP) is 1.66. The first-order valence-electron chi connectivity index (χ1n) is 5.51. The fourth-order valence-electron chi connectivity index (χ4n) is 2.38. The highest BCUT2D eigenvalue weighted by Gasteiger charge is 2.24. The third-order valence-electron chi connectivity index (χ3n) is 3.14. The summed E-state index contributed by atoms with van der Waals surface area (Å²) in [4.78, 5) is 0. The average molecular weight is 205 g/mol. The monoisotopic (exact) mass is 205 g/mol. The Kier molecular flexibility index (Phi) is 2.06. The minimum absolute atomic E-state index is 0.421. The van der Waals surface area contributed by atoms with E-state index in [1.54, 1.807) is 0 Å². The van der Waals surface area contributed by atoms with E-state index in [4.69, 9.17) is 9.47 Å². The van der Waals surface area contributed by atoms with Gasteiger partial charge in [0, 0.05) is 11.6 Å². The maximum atomic E-state index is 5.72. The Morgan fingerprint density at radius 2 is 2.13 bits per heavy atom. The number of nitrogens with one attached hydrogen (secondary N) is 1. The Morgan fingerprint density at radius 3 is 3.07 bits per heavy atom. The van der Waals surface area contributed by atoms with Crippen molar-refractivity contribution in [3.8, 4) is 11.5 Å². The quantitative estimate of drug-likeness (QED) is 0.698. The molecular formula is C12H15NO2. The molecule has 80 valence electrons. The van der Waals surface area contributed by atoms with Crippen LogP contribution in [-0.2, 0) is 6.42 Å². The lowest BCUT2D eigenvalue weighted by Gasteiger charge is -2.29. The van der Waals surface area contributed by atoms with Crippen LogP contribution >= 0.6 is 0 Å². The molecule has 1 N–H and O–H groups in total. The van der Waals surface area contributed by atoms with Crippen LogP contribution in [0.5, 0.6) is 11.5 Å². The second kappa shape index (κ2) is 3.42. The van der Waals surface area contributed by atoms with Crippen LogP contribution in [0.4, 0.5) is 0 Å². The van der Waals surface area contributed by atoms with E-state index in [-0.39, 0.29) is 0 Å². The molecule has 3 heteroatoms. The van der Waals surface area contributed by atoms with Crippen molar-refractivity contribution < 1.29 is 9.47 Å². The van der Waals surface area contributed by atoms with Crippen LogP contribution in [0, 0.1) is 0 Å². The van der Waals surface area contributed by atoms with Crippen molar-refractivity contribution in [2.75, 3.05) is 19.8 Å². The van der Waals surface area contributed by atoms with Crippen LogP contribution in [0.1, 0.15) is 24.1 Å². The van der Waals surface area contributed by atoms with E-state index in [0.717, 1.165) is 24.5 Å². The molecule has 15 heavy (non-hydrogen) atoms. The summed E-state index contributed by atoms with van der Waals surface area (Å²) < 4.78 is 11.3. The first kappa shape index (κ1) is 9.04. The van der Waals surface area contributed by atoms with Crippen molar-refractivity contribution in [3.05, 3.63) is 23.3 Å². The van der Waals surface area contributed by atoms with Gasteiger partial charge in [0.25, 0.3) is 0 Å². The molecule has 1 atom stereocenters. The largest absolute Gasteiger partial charge is 0.486 e. The number of rotatable bonds is 0. The topological polar surface area (TPSA) is 30.5 Å². The van der Waals surface area contributed by atoms with Gasteiger partial charge in [0.15, 0.2) is 11.5 Å². The van der Waals surface area contributed by atoms with E-state index >= 15 is 0 Å².